The number of aromatic nitrogens is 2. The molecule has 92 valence electrons. The first-order valence-electron chi connectivity index (χ1n) is 5.64. The number of hydrogen-bond acceptors (Lipinski definition) is 4. The van der Waals surface area contributed by atoms with Crippen molar-refractivity contribution in [3.8, 4) is 0 Å². The summed E-state index contributed by atoms with van der Waals surface area (Å²) in [6, 6.07) is 0. The lowest BCUT2D eigenvalue weighted by Gasteiger charge is -2.08. The van der Waals surface area contributed by atoms with Gasteiger partial charge >= 0.3 is 5.97 Å². The van der Waals surface area contributed by atoms with E-state index in [1.807, 2.05) is 0 Å². The number of anilines is 1. The molecule has 1 fully saturated rings. The second-order valence-electron chi connectivity index (χ2n) is 4.20. The maximum Gasteiger partial charge on any atom is 0.303 e. The number of carboxylic acid groups (broad SMARTS) is 1. The van der Waals surface area contributed by atoms with Gasteiger partial charge in [-0.3, -0.25) is 14.6 Å². The van der Waals surface area contributed by atoms with Crippen LogP contribution in [0.2, 0.25) is 0 Å². The zero-order valence-corrected chi connectivity index (χ0v) is 9.62. The van der Waals surface area contributed by atoms with Gasteiger partial charge in [-0.15, -0.1) is 0 Å². The molecule has 1 heterocycles. The smallest absolute Gasteiger partial charge is 0.303 e. The number of H-pyrrole nitrogens is 1. The predicted molar refractivity (Wildman–Crippen MR) is 62.3 cm³/mol. The van der Waals surface area contributed by atoms with Crippen molar-refractivity contribution in [2.45, 2.75) is 31.6 Å². The standard InChI is InChI=1S/C11H15N3O3/c1-12-11-13-9(6-2-3-6)7(10(17)14-11)4-5-8(15)16/h6H,2-5H2,1H3,(H,15,16)(H2,12,13,14,17). The Morgan fingerprint density at radius 3 is 2.82 bits per heavy atom. The molecule has 1 aromatic rings. The summed E-state index contributed by atoms with van der Waals surface area (Å²) in [6.07, 6.45) is 2.26. The van der Waals surface area contributed by atoms with E-state index in [0.717, 1.165) is 18.5 Å². The van der Waals surface area contributed by atoms with Crippen molar-refractivity contribution in [2.24, 2.45) is 0 Å². The number of nitrogens with one attached hydrogen (secondary N) is 2. The van der Waals surface area contributed by atoms with Crippen molar-refractivity contribution in [3.05, 3.63) is 21.6 Å². The SMILES string of the molecule is CNc1nc(C2CC2)c(CCC(=O)O)c(=O)[nH]1. The molecule has 0 atom stereocenters. The zero-order valence-electron chi connectivity index (χ0n) is 9.62. The number of nitrogens with zero attached hydrogens (tertiary/aromatic N) is 1. The lowest BCUT2D eigenvalue weighted by molar-refractivity contribution is -0.136. The number of rotatable bonds is 5. The van der Waals surface area contributed by atoms with Gasteiger partial charge in [-0.2, -0.15) is 0 Å². The average Bonchev–Trinajstić information content (AvgIpc) is 3.10. The molecule has 6 heteroatoms. The Kier molecular flexibility index (Phi) is 3.12. The van der Waals surface area contributed by atoms with E-state index in [1.165, 1.54) is 0 Å². The second kappa shape index (κ2) is 4.57. The summed E-state index contributed by atoms with van der Waals surface area (Å²) >= 11 is 0. The molecule has 3 N–H and O–H groups in total. The summed E-state index contributed by atoms with van der Waals surface area (Å²) in [7, 11) is 1.69. The Labute approximate surface area is 98.1 Å². The van der Waals surface area contributed by atoms with Crippen LogP contribution in [0.4, 0.5) is 5.95 Å². The fourth-order valence-corrected chi connectivity index (χ4v) is 1.80. The van der Waals surface area contributed by atoms with Crippen molar-refractivity contribution in [1.82, 2.24) is 9.97 Å². The molecule has 0 aliphatic heterocycles. The lowest BCUT2D eigenvalue weighted by Crippen LogP contribution is -2.20. The number of aromatic amines is 1. The van der Waals surface area contributed by atoms with Crippen LogP contribution in [0, 0.1) is 0 Å². The van der Waals surface area contributed by atoms with Crippen LogP contribution in [0.5, 0.6) is 0 Å². The van der Waals surface area contributed by atoms with Crippen LogP contribution in [0.25, 0.3) is 0 Å². The van der Waals surface area contributed by atoms with Crippen molar-refractivity contribution in [1.29, 1.82) is 0 Å². The zero-order chi connectivity index (χ0) is 12.4. The Morgan fingerprint density at radius 2 is 2.29 bits per heavy atom. The highest BCUT2D eigenvalue weighted by molar-refractivity contribution is 5.67. The van der Waals surface area contributed by atoms with E-state index in [4.69, 9.17) is 5.11 Å². The van der Waals surface area contributed by atoms with Crippen LogP contribution >= 0.6 is 0 Å². The van der Waals surface area contributed by atoms with Gasteiger partial charge in [-0.25, -0.2) is 4.98 Å². The van der Waals surface area contributed by atoms with E-state index >= 15 is 0 Å². The average molecular weight is 237 g/mol. The maximum atomic E-state index is 11.8. The molecule has 0 saturated heterocycles. The van der Waals surface area contributed by atoms with E-state index in [-0.39, 0.29) is 18.4 Å². The highest BCUT2D eigenvalue weighted by atomic mass is 16.4. The number of carbonyl (C=O) groups is 1. The van der Waals surface area contributed by atoms with Crippen molar-refractivity contribution >= 4 is 11.9 Å². The van der Waals surface area contributed by atoms with E-state index < -0.39 is 5.97 Å². The van der Waals surface area contributed by atoms with Crippen LogP contribution in [0.3, 0.4) is 0 Å². The first-order valence-corrected chi connectivity index (χ1v) is 5.64. The minimum Gasteiger partial charge on any atom is -0.481 e. The monoisotopic (exact) mass is 237 g/mol. The molecule has 1 saturated carbocycles. The third-order valence-electron chi connectivity index (χ3n) is 2.84. The third-order valence-corrected chi connectivity index (χ3v) is 2.84. The van der Waals surface area contributed by atoms with E-state index in [9.17, 15) is 9.59 Å². The fourth-order valence-electron chi connectivity index (χ4n) is 1.80. The predicted octanol–water partition coefficient (Wildman–Crippen LogP) is 0.706. The highest BCUT2D eigenvalue weighted by Crippen LogP contribution is 2.40. The Hall–Kier alpha value is -1.85. The molecule has 0 radical (unpaired) electrons. The molecule has 0 bridgehead atoms. The number of carboxylic acids is 1. The maximum absolute atomic E-state index is 11.8. The van der Waals surface area contributed by atoms with E-state index in [1.54, 1.807) is 7.05 Å². The molecule has 6 nitrogen and oxygen atoms in total. The second-order valence-corrected chi connectivity index (χ2v) is 4.20. The van der Waals surface area contributed by atoms with E-state index in [0.29, 0.717) is 17.4 Å². The van der Waals surface area contributed by atoms with Crippen LogP contribution in [-0.2, 0) is 11.2 Å². The largest absolute Gasteiger partial charge is 0.481 e. The molecular weight excluding hydrogens is 222 g/mol. The Balaban J connectivity index is 2.34. The van der Waals surface area contributed by atoms with Crippen LogP contribution < -0.4 is 10.9 Å². The van der Waals surface area contributed by atoms with Gasteiger partial charge in [0.25, 0.3) is 5.56 Å². The minimum atomic E-state index is -0.899. The van der Waals surface area contributed by atoms with Gasteiger partial charge in [0.05, 0.1) is 5.69 Å². The van der Waals surface area contributed by atoms with Crippen molar-refractivity contribution in [3.63, 3.8) is 0 Å². The van der Waals surface area contributed by atoms with Gasteiger partial charge in [-0.05, 0) is 19.3 Å². The van der Waals surface area contributed by atoms with Gasteiger partial charge in [0.1, 0.15) is 0 Å². The topological polar surface area (TPSA) is 95.1 Å². The summed E-state index contributed by atoms with van der Waals surface area (Å²) in [5.74, 6) is -0.131. The molecule has 17 heavy (non-hydrogen) atoms. The first kappa shape index (κ1) is 11.6. The van der Waals surface area contributed by atoms with E-state index in [2.05, 4.69) is 15.3 Å². The van der Waals surface area contributed by atoms with Gasteiger partial charge in [0.15, 0.2) is 0 Å². The van der Waals surface area contributed by atoms with Gasteiger partial charge in [0.2, 0.25) is 5.95 Å². The van der Waals surface area contributed by atoms with Crippen molar-refractivity contribution < 1.29 is 9.90 Å². The Morgan fingerprint density at radius 1 is 1.59 bits per heavy atom. The first-order chi connectivity index (χ1) is 8.11. The highest BCUT2D eigenvalue weighted by Gasteiger charge is 2.29. The van der Waals surface area contributed by atoms with Gasteiger partial charge in [-0.1, -0.05) is 0 Å². The van der Waals surface area contributed by atoms with Crippen LogP contribution in [0.15, 0.2) is 4.79 Å². The quantitative estimate of drug-likeness (QED) is 0.701. The number of hydrogen-bond donors (Lipinski definition) is 3. The molecule has 0 amide bonds. The summed E-state index contributed by atoms with van der Waals surface area (Å²) in [4.78, 5) is 29.3. The molecule has 2 rings (SSSR count). The van der Waals surface area contributed by atoms with Crippen LogP contribution in [-0.4, -0.2) is 28.1 Å². The lowest BCUT2D eigenvalue weighted by atomic mass is 10.1. The van der Waals surface area contributed by atoms with Crippen LogP contribution in [0.1, 0.15) is 36.4 Å². The van der Waals surface area contributed by atoms with Gasteiger partial charge in [0, 0.05) is 24.9 Å². The summed E-state index contributed by atoms with van der Waals surface area (Å²) in [6.45, 7) is 0. The molecule has 0 unspecified atom stereocenters. The van der Waals surface area contributed by atoms with Crippen molar-refractivity contribution in [2.75, 3.05) is 12.4 Å². The summed E-state index contributed by atoms with van der Waals surface area (Å²) in [5, 5.41) is 11.5. The summed E-state index contributed by atoms with van der Waals surface area (Å²) < 4.78 is 0. The molecular formula is C11H15N3O3. The molecule has 1 aromatic heterocycles. The molecule has 1 aliphatic carbocycles. The minimum absolute atomic E-state index is 0.0383. The normalized spacial score (nSPS) is 14.6. The number of aliphatic carboxylic acids is 1. The summed E-state index contributed by atoms with van der Waals surface area (Å²) in [5.41, 5.74) is 1.06. The molecule has 0 spiro atoms. The molecule has 1 aliphatic rings. The molecule has 0 aromatic carbocycles. The third kappa shape index (κ3) is 2.64. The van der Waals surface area contributed by atoms with Gasteiger partial charge < -0.3 is 10.4 Å². The Bertz CT molecular complexity index is 491. The fraction of sp³-hybridized carbons (Fsp3) is 0.545.